The van der Waals surface area contributed by atoms with Gasteiger partial charge in [0.25, 0.3) is 5.56 Å². The maximum absolute atomic E-state index is 14.6. The van der Waals surface area contributed by atoms with Gasteiger partial charge < -0.3 is 10.6 Å². The lowest BCUT2D eigenvalue weighted by atomic mass is 9.91. The van der Waals surface area contributed by atoms with Crippen LogP contribution in [-0.2, 0) is 18.4 Å². The van der Waals surface area contributed by atoms with E-state index in [1.807, 2.05) is 40.7 Å². The molecule has 0 radical (unpaired) electrons. The van der Waals surface area contributed by atoms with Gasteiger partial charge in [0, 0.05) is 29.9 Å². The second-order valence-electron chi connectivity index (χ2n) is 10.3. The van der Waals surface area contributed by atoms with Crippen molar-refractivity contribution in [3.63, 3.8) is 0 Å². The van der Waals surface area contributed by atoms with Crippen molar-refractivity contribution in [1.29, 1.82) is 0 Å². The number of pyridine rings is 1. The van der Waals surface area contributed by atoms with E-state index in [-0.39, 0.29) is 17.4 Å². The molecule has 0 saturated heterocycles. The number of nitrogens with zero attached hydrogens (tertiary/aromatic N) is 5. The van der Waals surface area contributed by atoms with Crippen molar-refractivity contribution in [3.05, 3.63) is 69.5 Å². The minimum absolute atomic E-state index is 0.174. The van der Waals surface area contributed by atoms with E-state index in [1.165, 1.54) is 17.2 Å². The Morgan fingerprint density at radius 1 is 1.11 bits per heavy atom. The molecule has 0 spiro atoms. The summed E-state index contributed by atoms with van der Waals surface area (Å²) in [6.07, 6.45) is 2.51. The highest BCUT2D eigenvalue weighted by atomic mass is 19.1. The van der Waals surface area contributed by atoms with Crippen LogP contribution in [0.2, 0.25) is 0 Å². The Labute approximate surface area is 203 Å². The number of halogens is 1. The molecule has 8 nitrogen and oxygen atoms in total. The molecule has 0 fully saturated rings. The standard InChI is InChI=1S/C26H30FN7O/c1-15(2)33-24(35)19-14-29-25(30-18-7-6-17-13-28-11-10-16(17)12-18)32-23(19)34(33)21-9-8-20(27)22(31-21)26(3,4)5/h6-9,12,14-15,28H,10-11,13H2,1-5H3,(H,29,30,32). The molecule has 2 N–H and O–H groups in total. The van der Waals surface area contributed by atoms with Crippen LogP contribution in [-0.4, -0.2) is 30.9 Å². The average Bonchev–Trinajstić information content (AvgIpc) is 3.10. The van der Waals surface area contributed by atoms with E-state index in [0.29, 0.717) is 28.5 Å². The van der Waals surface area contributed by atoms with Gasteiger partial charge in [-0.2, -0.15) is 4.98 Å². The van der Waals surface area contributed by atoms with Crippen molar-refractivity contribution in [2.24, 2.45) is 0 Å². The molecule has 4 heterocycles. The zero-order valence-corrected chi connectivity index (χ0v) is 20.7. The van der Waals surface area contributed by atoms with E-state index in [9.17, 15) is 9.18 Å². The Morgan fingerprint density at radius 3 is 2.66 bits per heavy atom. The molecule has 0 aliphatic carbocycles. The van der Waals surface area contributed by atoms with Gasteiger partial charge in [0.1, 0.15) is 11.2 Å². The number of nitrogens with one attached hydrogen (secondary N) is 2. The van der Waals surface area contributed by atoms with Crippen LogP contribution in [0.3, 0.4) is 0 Å². The molecule has 0 unspecified atom stereocenters. The highest BCUT2D eigenvalue weighted by Crippen LogP contribution is 2.26. The topological polar surface area (TPSA) is 89.7 Å². The number of fused-ring (bicyclic) bond motifs is 2. The predicted octanol–water partition coefficient (Wildman–Crippen LogP) is 4.38. The Kier molecular flexibility index (Phi) is 5.67. The van der Waals surface area contributed by atoms with Gasteiger partial charge >= 0.3 is 0 Å². The molecular formula is C26H30FN7O. The van der Waals surface area contributed by atoms with E-state index in [1.54, 1.807) is 21.6 Å². The van der Waals surface area contributed by atoms with Crippen molar-refractivity contribution in [1.82, 2.24) is 29.6 Å². The molecule has 0 atom stereocenters. The maximum atomic E-state index is 14.6. The Bertz CT molecular complexity index is 1480. The summed E-state index contributed by atoms with van der Waals surface area (Å²) in [5, 5.41) is 7.03. The number of benzene rings is 1. The maximum Gasteiger partial charge on any atom is 0.278 e. The van der Waals surface area contributed by atoms with E-state index in [2.05, 4.69) is 32.7 Å². The third-order valence-electron chi connectivity index (χ3n) is 6.22. The fourth-order valence-corrected chi connectivity index (χ4v) is 4.51. The van der Waals surface area contributed by atoms with Gasteiger partial charge in [-0.3, -0.25) is 4.79 Å². The quantitative estimate of drug-likeness (QED) is 0.455. The lowest BCUT2D eigenvalue weighted by molar-refractivity contribution is 0.462. The predicted molar refractivity (Wildman–Crippen MR) is 135 cm³/mol. The Morgan fingerprint density at radius 2 is 1.91 bits per heavy atom. The molecule has 1 aromatic carbocycles. The molecule has 9 heteroatoms. The summed E-state index contributed by atoms with van der Waals surface area (Å²) in [7, 11) is 0. The third-order valence-corrected chi connectivity index (χ3v) is 6.22. The molecule has 5 rings (SSSR count). The minimum atomic E-state index is -0.504. The van der Waals surface area contributed by atoms with Crippen molar-refractivity contribution < 1.29 is 4.39 Å². The van der Waals surface area contributed by atoms with Gasteiger partial charge in [-0.15, -0.1) is 0 Å². The van der Waals surface area contributed by atoms with Crippen LogP contribution >= 0.6 is 0 Å². The second-order valence-corrected chi connectivity index (χ2v) is 10.3. The minimum Gasteiger partial charge on any atom is -0.324 e. The second kappa shape index (κ2) is 8.57. The molecule has 0 saturated carbocycles. The first kappa shape index (κ1) is 23.2. The van der Waals surface area contributed by atoms with Crippen LogP contribution in [0.15, 0.2) is 41.3 Å². The summed E-state index contributed by atoms with van der Waals surface area (Å²) < 4.78 is 17.9. The van der Waals surface area contributed by atoms with Gasteiger partial charge in [0.05, 0.1) is 5.69 Å². The number of hydrogen-bond acceptors (Lipinski definition) is 6. The van der Waals surface area contributed by atoms with Crippen molar-refractivity contribution >= 4 is 22.7 Å². The van der Waals surface area contributed by atoms with Gasteiger partial charge in [0.15, 0.2) is 11.5 Å². The van der Waals surface area contributed by atoms with Crippen LogP contribution in [0, 0.1) is 5.82 Å². The van der Waals surface area contributed by atoms with Gasteiger partial charge in [-0.25, -0.2) is 23.7 Å². The largest absolute Gasteiger partial charge is 0.324 e. The summed E-state index contributed by atoms with van der Waals surface area (Å²) in [5.41, 5.74) is 3.50. The number of anilines is 2. The van der Waals surface area contributed by atoms with E-state index >= 15 is 0 Å². The monoisotopic (exact) mass is 475 g/mol. The molecule has 3 aromatic heterocycles. The van der Waals surface area contributed by atoms with Crippen molar-refractivity contribution in [3.8, 4) is 5.82 Å². The fourth-order valence-electron chi connectivity index (χ4n) is 4.51. The van der Waals surface area contributed by atoms with Gasteiger partial charge in [-0.05, 0) is 62.2 Å². The highest BCUT2D eigenvalue weighted by molar-refractivity contribution is 5.77. The first-order valence-electron chi connectivity index (χ1n) is 11.9. The number of aromatic nitrogens is 5. The number of hydrogen-bond donors (Lipinski definition) is 2. The van der Waals surface area contributed by atoms with E-state index < -0.39 is 5.41 Å². The summed E-state index contributed by atoms with van der Waals surface area (Å²) in [6.45, 7) is 11.4. The summed E-state index contributed by atoms with van der Waals surface area (Å²) in [5.74, 6) is 0.429. The van der Waals surface area contributed by atoms with Crippen LogP contribution in [0.1, 0.15) is 57.5 Å². The van der Waals surface area contributed by atoms with E-state index in [4.69, 9.17) is 4.98 Å². The number of rotatable bonds is 4. The molecule has 0 amide bonds. The van der Waals surface area contributed by atoms with Gasteiger partial charge in [-0.1, -0.05) is 26.8 Å². The SMILES string of the molecule is CC(C)n1c(=O)c2cnc(Nc3ccc4c(c3)CCNC4)nc2n1-c1ccc(F)c(C(C)(C)C)n1. The normalized spacial score (nSPS) is 13.9. The van der Waals surface area contributed by atoms with E-state index in [0.717, 1.165) is 25.2 Å². The first-order valence-corrected chi connectivity index (χ1v) is 11.9. The lowest BCUT2D eigenvalue weighted by Crippen LogP contribution is -2.25. The van der Waals surface area contributed by atoms with Crippen molar-refractivity contribution in [2.45, 2.75) is 59.0 Å². The molecular weight excluding hydrogens is 445 g/mol. The van der Waals surface area contributed by atoms with Crippen LogP contribution in [0.4, 0.5) is 16.0 Å². The molecule has 1 aliphatic heterocycles. The summed E-state index contributed by atoms with van der Waals surface area (Å²) in [6, 6.07) is 9.02. The Hall–Kier alpha value is -3.59. The van der Waals surface area contributed by atoms with Crippen LogP contribution in [0.5, 0.6) is 0 Å². The molecule has 4 aromatic rings. The molecule has 1 aliphatic rings. The fraction of sp³-hybridized carbons (Fsp3) is 0.385. The van der Waals surface area contributed by atoms with Crippen LogP contribution in [0.25, 0.3) is 16.9 Å². The Balaban J connectivity index is 1.64. The zero-order chi connectivity index (χ0) is 24.9. The van der Waals surface area contributed by atoms with Crippen molar-refractivity contribution in [2.75, 3.05) is 11.9 Å². The molecule has 0 bridgehead atoms. The smallest absolute Gasteiger partial charge is 0.278 e. The van der Waals surface area contributed by atoms with Gasteiger partial charge in [0.2, 0.25) is 5.95 Å². The molecule has 35 heavy (non-hydrogen) atoms. The summed E-state index contributed by atoms with van der Waals surface area (Å²) >= 11 is 0. The molecule has 182 valence electrons. The third kappa shape index (κ3) is 4.20. The first-order chi connectivity index (χ1) is 16.6. The summed E-state index contributed by atoms with van der Waals surface area (Å²) in [4.78, 5) is 27.0. The van der Waals surface area contributed by atoms with Crippen LogP contribution < -0.4 is 16.2 Å². The highest BCUT2D eigenvalue weighted by Gasteiger charge is 2.24. The average molecular weight is 476 g/mol. The lowest BCUT2D eigenvalue weighted by Gasteiger charge is -2.21. The zero-order valence-electron chi connectivity index (χ0n) is 20.7.